The molecule has 0 unspecified atom stereocenters. The fourth-order valence-electron chi connectivity index (χ4n) is 2.57. The van der Waals surface area contributed by atoms with E-state index in [1.54, 1.807) is 0 Å². The van der Waals surface area contributed by atoms with Gasteiger partial charge in [0.05, 0.1) is 6.61 Å². The number of unbranched alkanes of at least 4 members (excludes halogenated alkanes) is 12. The smallest absolute Gasteiger partial charge is 0.302 e. The van der Waals surface area contributed by atoms with E-state index in [2.05, 4.69) is 19.1 Å². The van der Waals surface area contributed by atoms with Crippen LogP contribution in [-0.2, 0) is 9.53 Å². The van der Waals surface area contributed by atoms with Gasteiger partial charge >= 0.3 is 5.97 Å². The van der Waals surface area contributed by atoms with E-state index in [1.807, 2.05) is 0 Å². The molecule has 0 heterocycles. The Morgan fingerprint density at radius 1 is 0.727 bits per heavy atom. The van der Waals surface area contributed by atoms with E-state index in [-0.39, 0.29) is 5.97 Å². The van der Waals surface area contributed by atoms with Gasteiger partial charge in [-0.3, -0.25) is 4.79 Å². The molecule has 2 heteroatoms. The third-order valence-electron chi connectivity index (χ3n) is 3.96. The van der Waals surface area contributed by atoms with Crippen LogP contribution in [0.15, 0.2) is 12.2 Å². The molecule has 0 bridgehead atoms. The van der Waals surface area contributed by atoms with Gasteiger partial charge < -0.3 is 4.74 Å². The Bertz CT molecular complexity index is 258. The Morgan fingerprint density at radius 2 is 1.18 bits per heavy atom. The molecular weight excluding hydrogens is 272 g/mol. The van der Waals surface area contributed by atoms with Crippen molar-refractivity contribution in [3.8, 4) is 0 Å². The molecule has 0 fully saturated rings. The minimum absolute atomic E-state index is 0.157. The summed E-state index contributed by atoms with van der Waals surface area (Å²) in [6, 6.07) is 0. The molecule has 2 nitrogen and oxygen atoms in total. The van der Waals surface area contributed by atoms with Crippen molar-refractivity contribution in [2.24, 2.45) is 0 Å². The van der Waals surface area contributed by atoms with E-state index in [4.69, 9.17) is 4.74 Å². The molecule has 0 radical (unpaired) electrons. The lowest BCUT2D eigenvalue weighted by Crippen LogP contribution is -2.00. The van der Waals surface area contributed by atoms with Gasteiger partial charge in [-0.05, 0) is 32.1 Å². The fourth-order valence-corrected chi connectivity index (χ4v) is 2.57. The van der Waals surface area contributed by atoms with E-state index < -0.39 is 0 Å². The summed E-state index contributed by atoms with van der Waals surface area (Å²) in [7, 11) is 0. The van der Waals surface area contributed by atoms with Crippen LogP contribution in [0.25, 0.3) is 0 Å². The number of hydrogen-bond donors (Lipinski definition) is 0. The summed E-state index contributed by atoms with van der Waals surface area (Å²) in [5.41, 5.74) is 0. The highest BCUT2D eigenvalue weighted by Gasteiger charge is 1.94. The van der Waals surface area contributed by atoms with Crippen LogP contribution in [-0.4, -0.2) is 12.6 Å². The summed E-state index contributed by atoms with van der Waals surface area (Å²) in [5.74, 6) is -0.157. The average Bonchev–Trinajstić information content (AvgIpc) is 2.50. The number of carbonyl (C=O) groups excluding carboxylic acids is 1. The van der Waals surface area contributed by atoms with Crippen LogP contribution < -0.4 is 0 Å². The van der Waals surface area contributed by atoms with Gasteiger partial charge in [-0.1, -0.05) is 76.9 Å². The fraction of sp³-hybridized carbons (Fsp3) is 0.850. The van der Waals surface area contributed by atoms with Crippen molar-refractivity contribution in [1.29, 1.82) is 0 Å². The van der Waals surface area contributed by atoms with Crippen LogP contribution in [0.2, 0.25) is 0 Å². The zero-order valence-electron chi connectivity index (χ0n) is 15.1. The molecule has 0 saturated carbocycles. The first-order chi connectivity index (χ1) is 10.8. The van der Waals surface area contributed by atoms with Gasteiger partial charge in [0.15, 0.2) is 0 Å². The maximum atomic E-state index is 10.6. The topological polar surface area (TPSA) is 26.3 Å². The number of hydrogen-bond acceptors (Lipinski definition) is 2. The van der Waals surface area contributed by atoms with Crippen molar-refractivity contribution in [3.05, 3.63) is 12.2 Å². The van der Waals surface area contributed by atoms with Gasteiger partial charge in [-0.2, -0.15) is 0 Å². The molecule has 0 saturated heterocycles. The number of allylic oxidation sites excluding steroid dienone is 2. The third kappa shape index (κ3) is 19.2. The van der Waals surface area contributed by atoms with Crippen LogP contribution in [0.1, 0.15) is 104 Å². The Balaban J connectivity index is 3.04. The summed E-state index contributed by atoms with van der Waals surface area (Å²) < 4.78 is 4.92. The minimum atomic E-state index is -0.157. The van der Waals surface area contributed by atoms with E-state index in [1.165, 1.54) is 90.4 Å². The zero-order valence-corrected chi connectivity index (χ0v) is 15.1. The normalized spacial score (nSPS) is 11.2. The molecule has 0 amide bonds. The molecule has 130 valence electrons. The van der Waals surface area contributed by atoms with Crippen molar-refractivity contribution >= 4 is 5.97 Å². The van der Waals surface area contributed by atoms with Crippen LogP contribution >= 0.6 is 0 Å². The largest absolute Gasteiger partial charge is 0.466 e. The second-order valence-corrected chi connectivity index (χ2v) is 6.28. The molecule has 0 aromatic rings. The van der Waals surface area contributed by atoms with Crippen molar-refractivity contribution in [2.75, 3.05) is 6.61 Å². The molecule has 0 aromatic carbocycles. The molecule has 0 aliphatic rings. The standard InChI is InChI=1S/C20H38O2/c1-3-4-5-6-7-8-9-10-11-12-13-14-15-16-17-18-19-22-20(2)21/h7-8H,3-6,9-19H2,1-2H3/b8-7-. The molecule has 0 N–H and O–H groups in total. The van der Waals surface area contributed by atoms with Crippen LogP contribution in [0.4, 0.5) is 0 Å². The summed E-state index contributed by atoms with van der Waals surface area (Å²) in [5, 5.41) is 0. The van der Waals surface area contributed by atoms with Gasteiger partial charge in [0, 0.05) is 6.92 Å². The molecule has 0 aliphatic heterocycles. The minimum Gasteiger partial charge on any atom is -0.466 e. The number of esters is 1. The van der Waals surface area contributed by atoms with Gasteiger partial charge in [0.1, 0.15) is 0 Å². The second-order valence-electron chi connectivity index (χ2n) is 6.28. The summed E-state index contributed by atoms with van der Waals surface area (Å²) >= 11 is 0. The molecule has 22 heavy (non-hydrogen) atoms. The third-order valence-corrected chi connectivity index (χ3v) is 3.96. The number of ether oxygens (including phenoxy) is 1. The van der Waals surface area contributed by atoms with E-state index >= 15 is 0 Å². The van der Waals surface area contributed by atoms with Crippen molar-refractivity contribution in [1.82, 2.24) is 0 Å². The average molecular weight is 311 g/mol. The lowest BCUT2D eigenvalue weighted by Gasteiger charge is -2.03. The van der Waals surface area contributed by atoms with Crippen molar-refractivity contribution in [2.45, 2.75) is 104 Å². The molecule has 0 atom stereocenters. The SMILES string of the molecule is CCCCC/C=C\CCCCCCCCCCCOC(C)=O. The van der Waals surface area contributed by atoms with Crippen molar-refractivity contribution < 1.29 is 9.53 Å². The lowest BCUT2D eigenvalue weighted by molar-refractivity contribution is -0.141. The van der Waals surface area contributed by atoms with E-state index in [9.17, 15) is 4.79 Å². The highest BCUT2D eigenvalue weighted by molar-refractivity contribution is 5.65. The first kappa shape index (κ1) is 21.2. The van der Waals surface area contributed by atoms with E-state index in [0.29, 0.717) is 6.61 Å². The van der Waals surface area contributed by atoms with Crippen LogP contribution in [0.3, 0.4) is 0 Å². The number of carbonyl (C=O) groups is 1. The Labute approximate surface area is 138 Å². The zero-order chi connectivity index (χ0) is 16.3. The summed E-state index contributed by atoms with van der Waals surface area (Å²) in [6.07, 6.45) is 23.0. The molecule has 0 aliphatic carbocycles. The lowest BCUT2D eigenvalue weighted by atomic mass is 10.1. The van der Waals surface area contributed by atoms with Gasteiger partial charge in [0.25, 0.3) is 0 Å². The van der Waals surface area contributed by atoms with Gasteiger partial charge in [-0.25, -0.2) is 0 Å². The number of rotatable bonds is 16. The Hall–Kier alpha value is -0.790. The molecule has 0 aromatic heterocycles. The Kier molecular flexibility index (Phi) is 17.6. The molecule has 0 spiro atoms. The van der Waals surface area contributed by atoms with Gasteiger partial charge in [-0.15, -0.1) is 0 Å². The van der Waals surface area contributed by atoms with E-state index in [0.717, 1.165) is 6.42 Å². The maximum Gasteiger partial charge on any atom is 0.302 e. The van der Waals surface area contributed by atoms with Crippen LogP contribution in [0.5, 0.6) is 0 Å². The first-order valence-corrected chi connectivity index (χ1v) is 9.55. The predicted octanol–water partition coefficient (Wildman–Crippen LogP) is 6.59. The molecule has 0 rings (SSSR count). The first-order valence-electron chi connectivity index (χ1n) is 9.55. The van der Waals surface area contributed by atoms with Gasteiger partial charge in [0.2, 0.25) is 0 Å². The van der Waals surface area contributed by atoms with Crippen LogP contribution in [0, 0.1) is 0 Å². The highest BCUT2D eigenvalue weighted by Crippen LogP contribution is 2.11. The summed E-state index contributed by atoms with van der Waals surface area (Å²) in [6.45, 7) is 4.33. The van der Waals surface area contributed by atoms with Crippen molar-refractivity contribution in [3.63, 3.8) is 0 Å². The monoisotopic (exact) mass is 310 g/mol. The predicted molar refractivity (Wildman–Crippen MR) is 96.1 cm³/mol. The second kappa shape index (κ2) is 18.3. The quantitative estimate of drug-likeness (QED) is 0.183. The highest BCUT2D eigenvalue weighted by atomic mass is 16.5. The summed E-state index contributed by atoms with van der Waals surface area (Å²) in [4.78, 5) is 10.6. The maximum absolute atomic E-state index is 10.6. The Morgan fingerprint density at radius 3 is 1.68 bits per heavy atom. The molecular formula is C20H38O2.